The fourth-order valence-corrected chi connectivity index (χ4v) is 3.18. The summed E-state index contributed by atoms with van der Waals surface area (Å²) in [5.74, 6) is 0.615. The van der Waals surface area contributed by atoms with Crippen LogP contribution in [0.2, 0.25) is 0 Å². The Labute approximate surface area is 150 Å². The smallest absolute Gasteiger partial charge is 0.224 e. The molecular weight excluding hydrogens is 320 g/mol. The SMILES string of the molecule is Cl.O=C(NCC(Cc1ccccc1)c1ccccc1)C1CCNC1. The Morgan fingerprint density at radius 3 is 2.38 bits per heavy atom. The highest BCUT2D eigenvalue weighted by Crippen LogP contribution is 2.20. The summed E-state index contributed by atoms with van der Waals surface area (Å²) in [6.07, 6.45) is 1.88. The summed E-state index contributed by atoms with van der Waals surface area (Å²) in [5, 5.41) is 6.42. The van der Waals surface area contributed by atoms with Crippen molar-refractivity contribution < 1.29 is 4.79 Å². The lowest BCUT2D eigenvalue weighted by atomic mass is 9.91. The minimum absolute atomic E-state index is 0. The van der Waals surface area contributed by atoms with Gasteiger partial charge in [-0.3, -0.25) is 4.79 Å². The second kappa shape index (κ2) is 9.45. The number of carbonyl (C=O) groups excluding carboxylic acids is 1. The zero-order valence-electron chi connectivity index (χ0n) is 13.8. The summed E-state index contributed by atoms with van der Waals surface area (Å²) in [5.41, 5.74) is 2.58. The van der Waals surface area contributed by atoms with Crippen LogP contribution in [0.4, 0.5) is 0 Å². The molecule has 24 heavy (non-hydrogen) atoms. The van der Waals surface area contributed by atoms with Gasteiger partial charge in [-0.15, -0.1) is 12.4 Å². The molecule has 0 aromatic heterocycles. The highest BCUT2D eigenvalue weighted by Gasteiger charge is 2.23. The normalized spacial score (nSPS) is 17.8. The zero-order chi connectivity index (χ0) is 15.9. The van der Waals surface area contributed by atoms with Crippen molar-refractivity contribution in [3.05, 3.63) is 71.8 Å². The summed E-state index contributed by atoms with van der Waals surface area (Å²) in [4.78, 5) is 12.3. The van der Waals surface area contributed by atoms with Crippen molar-refractivity contribution >= 4 is 18.3 Å². The van der Waals surface area contributed by atoms with Crippen molar-refractivity contribution in [1.29, 1.82) is 0 Å². The predicted octanol–water partition coefficient (Wildman–Crippen LogP) is 3.16. The van der Waals surface area contributed by atoms with Gasteiger partial charge in [0.2, 0.25) is 5.91 Å². The summed E-state index contributed by atoms with van der Waals surface area (Å²) >= 11 is 0. The molecule has 2 aromatic rings. The van der Waals surface area contributed by atoms with Crippen molar-refractivity contribution in [1.82, 2.24) is 10.6 Å². The van der Waals surface area contributed by atoms with E-state index in [-0.39, 0.29) is 24.2 Å². The molecule has 2 unspecified atom stereocenters. The van der Waals surface area contributed by atoms with Crippen LogP contribution in [-0.2, 0) is 11.2 Å². The van der Waals surface area contributed by atoms with Crippen LogP contribution in [0.25, 0.3) is 0 Å². The quantitative estimate of drug-likeness (QED) is 0.845. The number of halogens is 1. The van der Waals surface area contributed by atoms with E-state index in [1.165, 1.54) is 11.1 Å². The van der Waals surface area contributed by atoms with Crippen molar-refractivity contribution in [3.8, 4) is 0 Å². The van der Waals surface area contributed by atoms with Crippen LogP contribution in [0.15, 0.2) is 60.7 Å². The maximum atomic E-state index is 12.3. The first-order valence-electron chi connectivity index (χ1n) is 8.40. The minimum Gasteiger partial charge on any atom is -0.355 e. The number of carbonyl (C=O) groups is 1. The van der Waals surface area contributed by atoms with Gasteiger partial charge in [-0.05, 0) is 30.5 Å². The van der Waals surface area contributed by atoms with Crippen molar-refractivity contribution in [2.24, 2.45) is 5.92 Å². The van der Waals surface area contributed by atoms with Crippen molar-refractivity contribution in [3.63, 3.8) is 0 Å². The summed E-state index contributed by atoms with van der Waals surface area (Å²) in [6.45, 7) is 2.44. The van der Waals surface area contributed by atoms with Gasteiger partial charge in [0.05, 0.1) is 5.92 Å². The Balaban J connectivity index is 0.00000208. The Kier molecular flexibility index (Phi) is 7.29. The second-order valence-corrected chi connectivity index (χ2v) is 6.23. The molecule has 1 fully saturated rings. The Bertz CT molecular complexity index is 612. The number of hydrogen-bond donors (Lipinski definition) is 2. The van der Waals surface area contributed by atoms with Crippen LogP contribution in [0.5, 0.6) is 0 Å². The molecule has 1 aliphatic rings. The molecule has 1 saturated heterocycles. The standard InChI is InChI=1S/C20H24N2O.ClH/c23-20(18-11-12-21-14-18)22-15-19(17-9-5-2-6-10-17)13-16-7-3-1-4-8-16;/h1-10,18-19,21H,11-15H2,(H,22,23);1H. The zero-order valence-corrected chi connectivity index (χ0v) is 14.6. The van der Waals surface area contributed by atoms with E-state index in [0.29, 0.717) is 12.5 Å². The molecule has 2 aromatic carbocycles. The van der Waals surface area contributed by atoms with Crippen molar-refractivity contribution in [2.75, 3.05) is 19.6 Å². The first kappa shape index (κ1) is 18.5. The van der Waals surface area contributed by atoms with Gasteiger partial charge >= 0.3 is 0 Å². The number of benzene rings is 2. The minimum atomic E-state index is 0. The lowest BCUT2D eigenvalue weighted by Gasteiger charge is -2.19. The summed E-state index contributed by atoms with van der Waals surface area (Å²) in [6, 6.07) is 20.9. The monoisotopic (exact) mass is 344 g/mol. The molecule has 4 heteroatoms. The molecule has 0 spiro atoms. The number of hydrogen-bond acceptors (Lipinski definition) is 2. The fourth-order valence-electron chi connectivity index (χ4n) is 3.18. The van der Waals surface area contributed by atoms with Gasteiger partial charge in [-0.1, -0.05) is 60.7 Å². The van der Waals surface area contributed by atoms with Crippen LogP contribution in [0.1, 0.15) is 23.5 Å². The molecule has 0 bridgehead atoms. The molecule has 0 saturated carbocycles. The molecule has 1 amide bonds. The Morgan fingerprint density at radius 2 is 1.75 bits per heavy atom. The molecule has 2 atom stereocenters. The van der Waals surface area contributed by atoms with Gasteiger partial charge in [0.1, 0.15) is 0 Å². The van der Waals surface area contributed by atoms with Gasteiger partial charge in [-0.25, -0.2) is 0 Å². The highest BCUT2D eigenvalue weighted by molar-refractivity contribution is 5.85. The average Bonchev–Trinajstić information content (AvgIpc) is 3.15. The molecule has 0 aliphatic carbocycles. The first-order valence-corrected chi connectivity index (χ1v) is 8.40. The molecule has 0 radical (unpaired) electrons. The summed E-state index contributed by atoms with van der Waals surface area (Å²) in [7, 11) is 0. The molecule has 3 nitrogen and oxygen atoms in total. The van der Waals surface area contributed by atoms with E-state index in [1.807, 2.05) is 12.1 Å². The van der Waals surface area contributed by atoms with E-state index in [1.54, 1.807) is 0 Å². The van der Waals surface area contributed by atoms with Gasteiger partial charge in [0.15, 0.2) is 0 Å². The lowest BCUT2D eigenvalue weighted by Crippen LogP contribution is -2.35. The number of rotatable bonds is 6. The van der Waals surface area contributed by atoms with Crippen LogP contribution in [-0.4, -0.2) is 25.5 Å². The molecule has 3 rings (SSSR count). The maximum absolute atomic E-state index is 12.3. The molecule has 128 valence electrons. The maximum Gasteiger partial charge on any atom is 0.224 e. The van der Waals surface area contributed by atoms with Crippen LogP contribution >= 0.6 is 12.4 Å². The van der Waals surface area contributed by atoms with E-state index in [2.05, 4.69) is 59.2 Å². The number of nitrogens with one attached hydrogen (secondary N) is 2. The van der Waals surface area contributed by atoms with Crippen LogP contribution < -0.4 is 10.6 Å². The lowest BCUT2D eigenvalue weighted by molar-refractivity contribution is -0.124. The summed E-state index contributed by atoms with van der Waals surface area (Å²) < 4.78 is 0. The molecule has 1 aliphatic heterocycles. The number of amides is 1. The second-order valence-electron chi connectivity index (χ2n) is 6.23. The van der Waals surface area contributed by atoms with Gasteiger partial charge in [0, 0.05) is 19.0 Å². The van der Waals surface area contributed by atoms with Gasteiger partial charge in [-0.2, -0.15) is 0 Å². The fraction of sp³-hybridized carbons (Fsp3) is 0.350. The predicted molar refractivity (Wildman–Crippen MR) is 101 cm³/mol. The third-order valence-corrected chi connectivity index (χ3v) is 4.55. The van der Waals surface area contributed by atoms with E-state index in [4.69, 9.17) is 0 Å². The average molecular weight is 345 g/mol. The van der Waals surface area contributed by atoms with Crippen LogP contribution in [0, 0.1) is 5.92 Å². The Morgan fingerprint density at radius 1 is 1.08 bits per heavy atom. The molecular formula is C20H25ClN2O. The van der Waals surface area contributed by atoms with E-state index < -0.39 is 0 Å². The van der Waals surface area contributed by atoms with Gasteiger partial charge in [0.25, 0.3) is 0 Å². The van der Waals surface area contributed by atoms with Gasteiger partial charge < -0.3 is 10.6 Å². The highest BCUT2D eigenvalue weighted by atomic mass is 35.5. The Hall–Kier alpha value is -1.84. The third kappa shape index (κ3) is 5.08. The van der Waals surface area contributed by atoms with Crippen LogP contribution in [0.3, 0.4) is 0 Å². The first-order chi connectivity index (χ1) is 11.3. The topological polar surface area (TPSA) is 41.1 Å². The van der Waals surface area contributed by atoms with Crippen molar-refractivity contribution in [2.45, 2.75) is 18.8 Å². The van der Waals surface area contributed by atoms with E-state index in [9.17, 15) is 4.79 Å². The molecule has 1 heterocycles. The third-order valence-electron chi connectivity index (χ3n) is 4.55. The largest absolute Gasteiger partial charge is 0.355 e. The van der Waals surface area contributed by atoms with E-state index >= 15 is 0 Å². The van der Waals surface area contributed by atoms with E-state index in [0.717, 1.165) is 25.9 Å². The molecule has 2 N–H and O–H groups in total.